The number of nitrogens with zero attached hydrogens (tertiary/aromatic N) is 2. The number of likely N-dealkylation sites (tertiary alicyclic amines) is 2. The first-order valence-corrected chi connectivity index (χ1v) is 11.0. The SMILES string of the molecule is O=C([C@@H]1C[C@H](Oc2ccccc2)CN1C(=O)CCCc1ccccc1)N1CCCC1. The van der Waals surface area contributed by atoms with Crippen LogP contribution in [-0.4, -0.2) is 53.4 Å². The fourth-order valence-corrected chi connectivity index (χ4v) is 4.46. The van der Waals surface area contributed by atoms with Gasteiger partial charge in [-0.3, -0.25) is 9.59 Å². The zero-order valence-electron chi connectivity index (χ0n) is 17.4. The van der Waals surface area contributed by atoms with Crippen molar-refractivity contribution >= 4 is 11.8 Å². The molecule has 0 N–H and O–H groups in total. The number of hydrogen-bond donors (Lipinski definition) is 0. The first-order chi connectivity index (χ1) is 14.7. The summed E-state index contributed by atoms with van der Waals surface area (Å²) in [6, 6.07) is 19.5. The smallest absolute Gasteiger partial charge is 0.245 e. The standard InChI is InChI=1S/C25H30N2O3/c28-24(15-9-12-20-10-3-1-4-11-20)27-19-22(30-21-13-5-2-6-14-21)18-23(27)25(29)26-16-7-8-17-26/h1-6,10-11,13-14,22-23H,7-9,12,15-19H2/t22-,23-/m0/s1. The first kappa shape index (κ1) is 20.5. The Labute approximate surface area is 178 Å². The number of para-hydroxylation sites is 1. The highest BCUT2D eigenvalue weighted by atomic mass is 16.5. The molecule has 0 spiro atoms. The lowest BCUT2D eigenvalue weighted by Crippen LogP contribution is -2.46. The molecular formula is C25H30N2O3. The highest BCUT2D eigenvalue weighted by Crippen LogP contribution is 2.26. The van der Waals surface area contributed by atoms with Gasteiger partial charge in [-0.15, -0.1) is 0 Å². The molecular weight excluding hydrogens is 376 g/mol. The minimum atomic E-state index is -0.402. The van der Waals surface area contributed by atoms with Crippen LogP contribution in [-0.2, 0) is 16.0 Å². The predicted octanol–water partition coefficient (Wildman–Crippen LogP) is 3.68. The summed E-state index contributed by atoms with van der Waals surface area (Å²) in [7, 11) is 0. The van der Waals surface area contributed by atoms with E-state index in [1.54, 1.807) is 4.90 Å². The predicted molar refractivity (Wildman–Crippen MR) is 116 cm³/mol. The molecule has 2 saturated heterocycles. The van der Waals surface area contributed by atoms with E-state index in [0.29, 0.717) is 19.4 Å². The molecule has 2 atom stereocenters. The maximum absolute atomic E-state index is 13.1. The molecule has 2 amide bonds. The minimum Gasteiger partial charge on any atom is -0.488 e. The highest BCUT2D eigenvalue weighted by molar-refractivity contribution is 5.88. The van der Waals surface area contributed by atoms with E-state index >= 15 is 0 Å². The van der Waals surface area contributed by atoms with Crippen molar-refractivity contribution in [2.24, 2.45) is 0 Å². The Bertz CT molecular complexity index is 834. The third kappa shape index (κ3) is 5.02. The number of aryl methyl sites for hydroxylation is 1. The van der Waals surface area contributed by atoms with Gasteiger partial charge in [0, 0.05) is 25.9 Å². The molecule has 4 rings (SSSR count). The quantitative estimate of drug-likeness (QED) is 0.705. The number of benzene rings is 2. The van der Waals surface area contributed by atoms with Gasteiger partial charge in [0.05, 0.1) is 6.54 Å². The Morgan fingerprint density at radius 2 is 1.60 bits per heavy atom. The van der Waals surface area contributed by atoms with Crippen LogP contribution in [0.3, 0.4) is 0 Å². The normalized spacial score (nSPS) is 21.1. The number of amides is 2. The van der Waals surface area contributed by atoms with Crippen LogP contribution in [0.5, 0.6) is 5.75 Å². The van der Waals surface area contributed by atoms with Gasteiger partial charge in [-0.2, -0.15) is 0 Å². The Kier molecular flexibility index (Phi) is 6.67. The van der Waals surface area contributed by atoms with Crippen molar-refractivity contribution in [3.63, 3.8) is 0 Å². The van der Waals surface area contributed by atoms with Gasteiger partial charge in [-0.1, -0.05) is 48.5 Å². The van der Waals surface area contributed by atoms with E-state index in [2.05, 4.69) is 12.1 Å². The van der Waals surface area contributed by atoms with Gasteiger partial charge in [0.2, 0.25) is 11.8 Å². The molecule has 158 valence electrons. The lowest BCUT2D eigenvalue weighted by Gasteiger charge is -2.27. The van der Waals surface area contributed by atoms with Crippen LogP contribution in [0.4, 0.5) is 0 Å². The monoisotopic (exact) mass is 406 g/mol. The van der Waals surface area contributed by atoms with Gasteiger partial charge in [-0.05, 0) is 43.4 Å². The van der Waals surface area contributed by atoms with E-state index in [4.69, 9.17) is 4.74 Å². The summed E-state index contributed by atoms with van der Waals surface area (Å²) >= 11 is 0. The summed E-state index contributed by atoms with van der Waals surface area (Å²) in [5.74, 6) is 0.930. The summed E-state index contributed by atoms with van der Waals surface area (Å²) in [6.45, 7) is 2.08. The zero-order chi connectivity index (χ0) is 20.8. The van der Waals surface area contributed by atoms with Crippen molar-refractivity contribution in [2.45, 2.75) is 50.7 Å². The Balaban J connectivity index is 1.40. The van der Waals surface area contributed by atoms with Crippen molar-refractivity contribution in [1.82, 2.24) is 9.80 Å². The molecule has 0 saturated carbocycles. The lowest BCUT2D eigenvalue weighted by molar-refractivity contribution is -0.143. The molecule has 2 fully saturated rings. The maximum Gasteiger partial charge on any atom is 0.245 e. The van der Waals surface area contributed by atoms with Crippen molar-refractivity contribution in [3.8, 4) is 5.75 Å². The number of hydrogen-bond acceptors (Lipinski definition) is 3. The maximum atomic E-state index is 13.1. The lowest BCUT2D eigenvalue weighted by atomic mass is 10.1. The molecule has 2 heterocycles. The highest BCUT2D eigenvalue weighted by Gasteiger charge is 2.42. The van der Waals surface area contributed by atoms with Crippen LogP contribution >= 0.6 is 0 Å². The molecule has 2 aromatic rings. The van der Waals surface area contributed by atoms with E-state index in [9.17, 15) is 9.59 Å². The number of carbonyl (C=O) groups excluding carboxylic acids is 2. The van der Waals surface area contributed by atoms with Crippen LogP contribution < -0.4 is 4.74 Å². The Morgan fingerprint density at radius 1 is 0.933 bits per heavy atom. The van der Waals surface area contributed by atoms with Crippen molar-refractivity contribution in [2.75, 3.05) is 19.6 Å². The van der Waals surface area contributed by atoms with E-state index in [0.717, 1.165) is 44.5 Å². The van der Waals surface area contributed by atoms with Crippen LogP contribution in [0.2, 0.25) is 0 Å². The molecule has 0 radical (unpaired) electrons. The van der Waals surface area contributed by atoms with E-state index in [1.165, 1.54) is 5.56 Å². The van der Waals surface area contributed by atoms with Crippen molar-refractivity contribution < 1.29 is 14.3 Å². The van der Waals surface area contributed by atoms with Crippen LogP contribution in [0, 0.1) is 0 Å². The van der Waals surface area contributed by atoms with Crippen molar-refractivity contribution in [3.05, 3.63) is 66.2 Å². The molecule has 0 unspecified atom stereocenters. The second-order valence-corrected chi connectivity index (χ2v) is 8.22. The molecule has 2 aliphatic rings. The van der Waals surface area contributed by atoms with E-state index in [1.807, 2.05) is 53.4 Å². The zero-order valence-corrected chi connectivity index (χ0v) is 17.4. The number of rotatable bonds is 7. The Hall–Kier alpha value is -2.82. The fourth-order valence-electron chi connectivity index (χ4n) is 4.46. The summed E-state index contributed by atoms with van der Waals surface area (Å²) in [5, 5.41) is 0. The van der Waals surface area contributed by atoms with Gasteiger partial charge >= 0.3 is 0 Å². The van der Waals surface area contributed by atoms with Gasteiger partial charge < -0.3 is 14.5 Å². The van der Waals surface area contributed by atoms with Crippen LogP contribution in [0.25, 0.3) is 0 Å². The second-order valence-electron chi connectivity index (χ2n) is 8.22. The van der Waals surface area contributed by atoms with Gasteiger partial charge in [0.25, 0.3) is 0 Å². The largest absolute Gasteiger partial charge is 0.488 e. The first-order valence-electron chi connectivity index (χ1n) is 11.0. The minimum absolute atomic E-state index is 0.0580. The summed E-state index contributed by atoms with van der Waals surface area (Å²) in [6.07, 6.45) is 4.62. The van der Waals surface area contributed by atoms with Gasteiger partial charge in [-0.25, -0.2) is 0 Å². The second kappa shape index (κ2) is 9.79. The molecule has 2 aliphatic heterocycles. The number of ether oxygens (including phenoxy) is 1. The average Bonchev–Trinajstić information content (AvgIpc) is 3.45. The average molecular weight is 407 g/mol. The number of carbonyl (C=O) groups is 2. The molecule has 30 heavy (non-hydrogen) atoms. The van der Waals surface area contributed by atoms with Crippen molar-refractivity contribution in [1.29, 1.82) is 0 Å². The molecule has 0 aromatic heterocycles. The summed E-state index contributed by atoms with van der Waals surface area (Å²) in [4.78, 5) is 29.9. The summed E-state index contributed by atoms with van der Waals surface area (Å²) in [5.41, 5.74) is 1.24. The molecule has 2 aromatic carbocycles. The van der Waals surface area contributed by atoms with Gasteiger partial charge in [0.1, 0.15) is 17.9 Å². The molecule has 5 heteroatoms. The van der Waals surface area contributed by atoms with Gasteiger partial charge in [0.15, 0.2) is 0 Å². The van der Waals surface area contributed by atoms with Crippen LogP contribution in [0.1, 0.15) is 37.7 Å². The summed E-state index contributed by atoms with van der Waals surface area (Å²) < 4.78 is 6.11. The third-order valence-electron chi connectivity index (χ3n) is 6.03. The Morgan fingerprint density at radius 3 is 2.30 bits per heavy atom. The fraction of sp³-hybridized carbons (Fsp3) is 0.440. The molecule has 5 nitrogen and oxygen atoms in total. The van der Waals surface area contributed by atoms with E-state index in [-0.39, 0.29) is 17.9 Å². The molecule has 0 bridgehead atoms. The van der Waals surface area contributed by atoms with E-state index < -0.39 is 6.04 Å². The topological polar surface area (TPSA) is 49.9 Å². The molecule has 0 aliphatic carbocycles. The van der Waals surface area contributed by atoms with Crippen LogP contribution in [0.15, 0.2) is 60.7 Å². The third-order valence-corrected chi connectivity index (χ3v) is 6.03.